The van der Waals surface area contributed by atoms with Gasteiger partial charge in [0.05, 0.1) is 6.61 Å². The Balaban J connectivity index is 1.42. The van der Waals surface area contributed by atoms with Gasteiger partial charge in [-0.1, -0.05) is 11.6 Å². The highest BCUT2D eigenvalue weighted by molar-refractivity contribution is 6.30. The molecular formula is C16H20ClNO2. The second-order valence-corrected chi connectivity index (χ2v) is 6.24. The number of piperidine rings is 1. The van der Waals surface area contributed by atoms with Crippen LogP contribution in [0.4, 0.5) is 0 Å². The lowest BCUT2D eigenvalue weighted by Crippen LogP contribution is -2.40. The van der Waals surface area contributed by atoms with Crippen LogP contribution in [0.2, 0.25) is 5.02 Å². The molecule has 1 aliphatic heterocycles. The molecule has 1 aromatic carbocycles. The van der Waals surface area contributed by atoms with Crippen molar-refractivity contribution in [3.8, 4) is 5.75 Å². The topological polar surface area (TPSA) is 29.5 Å². The van der Waals surface area contributed by atoms with E-state index in [1.165, 1.54) is 0 Å². The number of likely N-dealkylation sites (tertiary alicyclic amines) is 1. The Kier molecular flexibility index (Phi) is 4.16. The third-order valence-corrected chi connectivity index (χ3v) is 4.40. The van der Waals surface area contributed by atoms with Crippen molar-refractivity contribution >= 4 is 17.5 Å². The predicted molar refractivity (Wildman–Crippen MR) is 79.0 cm³/mol. The average Bonchev–Trinajstić information content (AvgIpc) is 3.31. The van der Waals surface area contributed by atoms with Gasteiger partial charge < -0.3 is 9.64 Å². The van der Waals surface area contributed by atoms with Crippen LogP contribution in [-0.4, -0.2) is 30.5 Å². The lowest BCUT2D eigenvalue weighted by atomic mass is 9.97. The van der Waals surface area contributed by atoms with Crippen LogP contribution in [0.25, 0.3) is 0 Å². The maximum atomic E-state index is 12.0. The summed E-state index contributed by atoms with van der Waals surface area (Å²) in [6, 6.07) is 7.48. The first kappa shape index (κ1) is 13.7. The van der Waals surface area contributed by atoms with Gasteiger partial charge in [0.15, 0.2) is 0 Å². The van der Waals surface area contributed by atoms with Crippen LogP contribution < -0.4 is 4.74 Å². The molecule has 2 aliphatic rings. The molecule has 2 fully saturated rings. The van der Waals surface area contributed by atoms with Crippen molar-refractivity contribution in [2.24, 2.45) is 11.8 Å². The van der Waals surface area contributed by atoms with Gasteiger partial charge in [-0.15, -0.1) is 0 Å². The quantitative estimate of drug-likeness (QED) is 0.852. The zero-order valence-electron chi connectivity index (χ0n) is 11.6. The fraction of sp³-hybridized carbons (Fsp3) is 0.562. The smallest absolute Gasteiger partial charge is 0.225 e. The van der Waals surface area contributed by atoms with E-state index in [9.17, 15) is 4.79 Å². The summed E-state index contributed by atoms with van der Waals surface area (Å²) in [6.45, 7) is 2.51. The Morgan fingerprint density at radius 2 is 1.80 bits per heavy atom. The predicted octanol–water partition coefficient (Wildman–Crippen LogP) is 3.37. The molecule has 3 rings (SSSR count). The molecule has 1 saturated carbocycles. The summed E-state index contributed by atoms with van der Waals surface area (Å²) >= 11 is 5.84. The van der Waals surface area contributed by atoms with Crippen LogP contribution in [0, 0.1) is 11.8 Å². The van der Waals surface area contributed by atoms with Gasteiger partial charge in [-0.05, 0) is 55.9 Å². The molecule has 1 aliphatic carbocycles. The lowest BCUT2D eigenvalue weighted by molar-refractivity contribution is -0.134. The van der Waals surface area contributed by atoms with Crippen molar-refractivity contribution in [1.82, 2.24) is 4.90 Å². The van der Waals surface area contributed by atoms with Crippen LogP contribution in [-0.2, 0) is 4.79 Å². The van der Waals surface area contributed by atoms with Gasteiger partial charge in [0.2, 0.25) is 5.91 Å². The van der Waals surface area contributed by atoms with E-state index in [0.717, 1.165) is 56.2 Å². The summed E-state index contributed by atoms with van der Waals surface area (Å²) in [6.07, 6.45) is 4.29. The lowest BCUT2D eigenvalue weighted by Gasteiger charge is -2.32. The zero-order chi connectivity index (χ0) is 13.9. The highest BCUT2D eigenvalue weighted by Crippen LogP contribution is 2.32. The number of hydrogen-bond donors (Lipinski definition) is 0. The maximum Gasteiger partial charge on any atom is 0.225 e. The highest BCUT2D eigenvalue weighted by atomic mass is 35.5. The fourth-order valence-electron chi connectivity index (χ4n) is 2.65. The summed E-state index contributed by atoms with van der Waals surface area (Å²) in [7, 11) is 0. The van der Waals surface area contributed by atoms with Crippen LogP contribution >= 0.6 is 11.6 Å². The average molecular weight is 294 g/mol. The van der Waals surface area contributed by atoms with Crippen LogP contribution in [0.15, 0.2) is 24.3 Å². The molecule has 3 nitrogen and oxygen atoms in total. The molecule has 0 aromatic heterocycles. The van der Waals surface area contributed by atoms with Gasteiger partial charge in [0.1, 0.15) is 5.75 Å². The largest absolute Gasteiger partial charge is 0.493 e. The number of benzene rings is 1. The molecule has 0 spiro atoms. The first-order chi connectivity index (χ1) is 9.72. The van der Waals surface area contributed by atoms with Crippen molar-refractivity contribution in [3.05, 3.63) is 29.3 Å². The number of halogens is 1. The Morgan fingerprint density at radius 1 is 1.15 bits per heavy atom. The minimum Gasteiger partial charge on any atom is -0.493 e. The normalized spacial score (nSPS) is 19.9. The van der Waals surface area contributed by atoms with E-state index in [1.807, 2.05) is 29.2 Å². The van der Waals surface area contributed by atoms with E-state index >= 15 is 0 Å². The molecule has 0 bridgehead atoms. The Hall–Kier alpha value is -1.22. The third-order valence-electron chi connectivity index (χ3n) is 4.15. The van der Waals surface area contributed by atoms with E-state index in [0.29, 0.717) is 17.7 Å². The molecule has 0 N–H and O–H groups in total. The number of rotatable bonds is 4. The number of hydrogen-bond acceptors (Lipinski definition) is 2. The van der Waals surface area contributed by atoms with Gasteiger partial charge in [0.25, 0.3) is 0 Å². The summed E-state index contributed by atoms with van der Waals surface area (Å²) in [5.74, 6) is 2.14. The summed E-state index contributed by atoms with van der Waals surface area (Å²) < 4.78 is 5.79. The van der Waals surface area contributed by atoms with Gasteiger partial charge in [0, 0.05) is 24.0 Å². The Labute approximate surface area is 124 Å². The van der Waals surface area contributed by atoms with Crippen molar-refractivity contribution in [3.63, 3.8) is 0 Å². The van der Waals surface area contributed by atoms with Gasteiger partial charge >= 0.3 is 0 Å². The molecule has 1 saturated heterocycles. The number of ether oxygens (including phenoxy) is 1. The van der Waals surface area contributed by atoms with E-state index in [2.05, 4.69) is 0 Å². The molecule has 0 unspecified atom stereocenters. The highest BCUT2D eigenvalue weighted by Gasteiger charge is 2.34. The molecule has 1 amide bonds. The first-order valence-electron chi connectivity index (χ1n) is 7.39. The van der Waals surface area contributed by atoms with Gasteiger partial charge in [-0.2, -0.15) is 0 Å². The van der Waals surface area contributed by atoms with Crippen molar-refractivity contribution in [2.75, 3.05) is 19.7 Å². The summed E-state index contributed by atoms with van der Waals surface area (Å²) in [4.78, 5) is 14.0. The molecular weight excluding hydrogens is 274 g/mol. The molecule has 1 aromatic rings. The van der Waals surface area contributed by atoms with Crippen molar-refractivity contribution in [1.29, 1.82) is 0 Å². The summed E-state index contributed by atoms with van der Waals surface area (Å²) in [5.41, 5.74) is 0. The monoisotopic (exact) mass is 293 g/mol. The van der Waals surface area contributed by atoms with Gasteiger partial charge in [-0.3, -0.25) is 4.79 Å². The number of amides is 1. The number of carbonyl (C=O) groups excluding carboxylic acids is 1. The van der Waals surface area contributed by atoms with Gasteiger partial charge in [-0.25, -0.2) is 0 Å². The number of carbonyl (C=O) groups is 1. The third kappa shape index (κ3) is 3.45. The van der Waals surface area contributed by atoms with E-state index in [4.69, 9.17) is 16.3 Å². The maximum absolute atomic E-state index is 12.0. The van der Waals surface area contributed by atoms with Crippen LogP contribution in [0.5, 0.6) is 5.75 Å². The molecule has 108 valence electrons. The fourth-order valence-corrected chi connectivity index (χ4v) is 2.78. The minimum absolute atomic E-state index is 0.344. The molecule has 20 heavy (non-hydrogen) atoms. The molecule has 4 heteroatoms. The van der Waals surface area contributed by atoms with Crippen molar-refractivity contribution in [2.45, 2.75) is 25.7 Å². The van der Waals surface area contributed by atoms with E-state index in [-0.39, 0.29) is 0 Å². The molecule has 0 radical (unpaired) electrons. The SMILES string of the molecule is O=C(C1CC1)N1CCC(COc2ccc(Cl)cc2)CC1. The Bertz CT molecular complexity index is 462. The summed E-state index contributed by atoms with van der Waals surface area (Å²) in [5, 5.41) is 0.726. The van der Waals surface area contributed by atoms with Crippen LogP contribution in [0.3, 0.4) is 0 Å². The first-order valence-corrected chi connectivity index (χ1v) is 7.77. The molecule has 0 atom stereocenters. The molecule has 1 heterocycles. The van der Waals surface area contributed by atoms with E-state index < -0.39 is 0 Å². The van der Waals surface area contributed by atoms with Crippen LogP contribution in [0.1, 0.15) is 25.7 Å². The minimum atomic E-state index is 0.344. The Morgan fingerprint density at radius 3 is 2.40 bits per heavy atom. The number of nitrogens with zero attached hydrogens (tertiary/aromatic N) is 1. The van der Waals surface area contributed by atoms with E-state index in [1.54, 1.807) is 0 Å². The van der Waals surface area contributed by atoms with Crippen molar-refractivity contribution < 1.29 is 9.53 Å². The second-order valence-electron chi connectivity index (χ2n) is 5.81. The second kappa shape index (κ2) is 6.04. The zero-order valence-corrected chi connectivity index (χ0v) is 12.3. The standard InChI is InChI=1S/C16H20ClNO2/c17-14-3-5-15(6-4-14)20-11-12-7-9-18(10-8-12)16(19)13-1-2-13/h3-6,12-13H,1-2,7-11H2.